The molecule has 1 aliphatic rings. The molecule has 1 aromatic carbocycles. The third-order valence-corrected chi connectivity index (χ3v) is 4.52. The van der Waals surface area contributed by atoms with E-state index in [1.807, 2.05) is 20.8 Å². The minimum atomic E-state index is -0.505. The smallest absolute Gasteiger partial charge is 0.410 e. The van der Waals surface area contributed by atoms with Gasteiger partial charge in [0.05, 0.1) is 13.2 Å². The zero-order valence-corrected chi connectivity index (χ0v) is 19.1. The van der Waals surface area contributed by atoms with Crippen molar-refractivity contribution in [3.05, 3.63) is 29.3 Å². The molecule has 2 rings (SSSR count). The monoisotopic (exact) mass is 420 g/mol. The van der Waals surface area contributed by atoms with Gasteiger partial charge in [-0.2, -0.15) is 0 Å². The largest absolute Gasteiger partial charge is 0.488 e. The zero-order chi connectivity index (χ0) is 22.1. The minimum Gasteiger partial charge on any atom is -0.488 e. The van der Waals surface area contributed by atoms with Gasteiger partial charge in [-0.05, 0) is 39.3 Å². The number of amides is 1. The Hall–Kier alpha value is -2.48. The first-order chi connectivity index (χ1) is 14.2. The lowest BCUT2D eigenvalue weighted by Gasteiger charge is -2.25. The van der Waals surface area contributed by atoms with E-state index in [2.05, 4.69) is 40.7 Å². The van der Waals surface area contributed by atoms with E-state index in [4.69, 9.17) is 14.2 Å². The van der Waals surface area contributed by atoms with Crippen LogP contribution in [0.5, 0.6) is 5.75 Å². The van der Waals surface area contributed by atoms with E-state index in [1.165, 1.54) is 0 Å². The Morgan fingerprint density at radius 2 is 2.10 bits per heavy atom. The Kier molecular flexibility index (Phi) is 8.77. The second-order valence-corrected chi connectivity index (χ2v) is 8.47. The highest BCUT2D eigenvalue weighted by Crippen LogP contribution is 2.23. The molecule has 1 amide bonds. The molecule has 1 aliphatic heterocycles. The number of aliphatic imine (C=N–C) groups is 1. The number of benzene rings is 1. The van der Waals surface area contributed by atoms with Crippen LogP contribution in [0.1, 0.15) is 38.3 Å². The lowest BCUT2D eigenvalue weighted by molar-refractivity contribution is 0.0302. The summed E-state index contributed by atoms with van der Waals surface area (Å²) in [5.74, 6) is 1.53. The van der Waals surface area contributed by atoms with E-state index in [-0.39, 0.29) is 12.2 Å². The maximum Gasteiger partial charge on any atom is 0.410 e. The molecule has 168 valence electrons. The van der Waals surface area contributed by atoms with Gasteiger partial charge in [0.2, 0.25) is 0 Å². The number of carbonyl (C=O) groups excluding carboxylic acids is 1. The van der Waals surface area contributed by atoms with E-state index >= 15 is 0 Å². The van der Waals surface area contributed by atoms with Gasteiger partial charge in [0.15, 0.2) is 5.96 Å². The summed E-state index contributed by atoms with van der Waals surface area (Å²) in [6, 6.07) is 6.19. The number of nitrogens with zero attached hydrogens (tertiary/aromatic N) is 2. The van der Waals surface area contributed by atoms with Gasteiger partial charge in [0, 0.05) is 45.7 Å². The maximum atomic E-state index is 12.0. The molecule has 8 heteroatoms. The number of carbonyl (C=O) groups is 1. The van der Waals surface area contributed by atoms with E-state index in [0.29, 0.717) is 32.2 Å². The first kappa shape index (κ1) is 23.8. The second-order valence-electron chi connectivity index (χ2n) is 8.47. The van der Waals surface area contributed by atoms with Crippen LogP contribution in [0.3, 0.4) is 0 Å². The third-order valence-electron chi connectivity index (χ3n) is 4.52. The van der Waals surface area contributed by atoms with E-state index < -0.39 is 5.60 Å². The summed E-state index contributed by atoms with van der Waals surface area (Å²) in [7, 11) is 3.43. The van der Waals surface area contributed by atoms with Crippen molar-refractivity contribution in [3.8, 4) is 5.75 Å². The van der Waals surface area contributed by atoms with Crippen LogP contribution in [0.4, 0.5) is 4.79 Å². The average molecular weight is 421 g/mol. The molecule has 1 fully saturated rings. The highest BCUT2D eigenvalue weighted by molar-refractivity contribution is 5.79. The van der Waals surface area contributed by atoms with Crippen molar-refractivity contribution in [2.24, 2.45) is 4.99 Å². The summed E-state index contributed by atoms with van der Waals surface area (Å²) in [5, 5.41) is 6.53. The van der Waals surface area contributed by atoms with Crippen molar-refractivity contribution in [1.82, 2.24) is 15.5 Å². The van der Waals surface area contributed by atoms with Crippen molar-refractivity contribution in [2.45, 2.75) is 52.4 Å². The molecule has 0 aliphatic carbocycles. The predicted octanol–water partition coefficient (Wildman–Crippen LogP) is 2.69. The summed E-state index contributed by atoms with van der Waals surface area (Å²) in [6.45, 7) is 10.6. The molecule has 30 heavy (non-hydrogen) atoms. The topological polar surface area (TPSA) is 84.4 Å². The molecule has 0 aromatic heterocycles. The molecule has 8 nitrogen and oxygen atoms in total. The van der Waals surface area contributed by atoms with Crippen LogP contribution in [0.15, 0.2) is 23.2 Å². The normalized spacial score (nSPS) is 16.9. The van der Waals surface area contributed by atoms with Gasteiger partial charge in [-0.15, -0.1) is 0 Å². The number of nitrogens with one attached hydrogen (secondary N) is 2. The lowest BCUT2D eigenvalue weighted by atomic mass is 10.1. The van der Waals surface area contributed by atoms with Gasteiger partial charge in [0.1, 0.15) is 17.5 Å². The van der Waals surface area contributed by atoms with Crippen LogP contribution in [0.25, 0.3) is 0 Å². The highest BCUT2D eigenvalue weighted by Gasteiger charge is 2.20. The lowest BCUT2D eigenvalue weighted by Crippen LogP contribution is -2.42. The van der Waals surface area contributed by atoms with Crippen LogP contribution < -0.4 is 15.4 Å². The summed E-state index contributed by atoms with van der Waals surface area (Å²) in [6.07, 6.45) is 0.672. The number of hydrogen-bond donors (Lipinski definition) is 2. The first-order valence-corrected chi connectivity index (χ1v) is 10.4. The Balaban J connectivity index is 1.83. The molecule has 2 N–H and O–H groups in total. The molecule has 0 bridgehead atoms. The van der Waals surface area contributed by atoms with Crippen LogP contribution in [-0.2, 0) is 16.0 Å². The van der Waals surface area contributed by atoms with Crippen LogP contribution in [0.2, 0.25) is 0 Å². The zero-order valence-electron chi connectivity index (χ0n) is 19.1. The molecular weight excluding hydrogens is 384 g/mol. The molecule has 1 aromatic rings. The van der Waals surface area contributed by atoms with E-state index in [0.717, 1.165) is 29.9 Å². The fraction of sp³-hybridized carbons (Fsp3) is 0.636. The van der Waals surface area contributed by atoms with Crippen molar-refractivity contribution >= 4 is 12.1 Å². The summed E-state index contributed by atoms with van der Waals surface area (Å²) < 4.78 is 16.9. The minimum absolute atomic E-state index is 0.103. The first-order valence-electron chi connectivity index (χ1n) is 10.4. The molecular formula is C22H36N4O4. The summed E-state index contributed by atoms with van der Waals surface area (Å²) in [4.78, 5) is 17.8. The Bertz CT molecular complexity index is 724. The number of ether oxygens (including phenoxy) is 3. The van der Waals surface area contributed by atoms with Gasteiger partial charge in [-0.3, -0.25) is 4.99 Å². The second kappa shape index (κ2) is 11.1. The van der Waals surface area contributed by atoms with Crippen molar-refractivity contribution in [2.75, 3.05) is 40.4 Å². The molecule has 1 heterocycles. The SMILES string of the molecule is CN=C(NCCN(C)C(=O)OC(C)(C)C)NCc1ccc(C)cc1OC1CCOC1. The molecule has 0 saturated carbocycles. The van der Waals surface area contributed by atoms with Crippen LogP contribution in [-0.4, -0.2) is 69.1 Å². The standard InChI is InChI=1S/C22H36N4O4/c1-16-7-8-17(19(13-16)29-18-9-12-28-15-18)14-25-20(23-5)24-10-11-26(6)21(27)30-22(2,3)4/h7-8,13,18H,9-12,14-15H2,1-6H3,(H2,23,24,25). The molecule has 1 unspecified atom stereocenters. The molecule has 0 spiro atoms. The molecule has 1 atom stereocenters. The van der Waals surface area contributed by atoms with Gasteiger partial charge in [0.25, 0.3) is 0 Å². The number of aryl methyl sites for hydroxylation is 1. The third kappa shape index (κ3) is 8.10. The van der Waals surface area contributed by atoms with Crippen molar-refractivity contribution in [1.29, 1.82) is 0 Å². The summed E-state index contributed by atoms with van der Waals surface area (Å²) in [5.41, 5.74) is 1.70. The fourth-order valence-corrected chi connectivity index (χ4v) is 2.88. The van der Waals surface area contributed by atoms with Gasteiger partial charge < -0.3 is 29.7 Å². The highest BCUT2D eigenvalue weighted by atomic mass is 16.6. The van der Waals surface area contributed by atoms with Crippen LogP contribution >= 0.6 is 0 Å². The van der Waals surface area contributed by atoms with Gasteiger partial charge >= 0.3 is 6.09 Å². The summed E-state index contributed by atoms with van der Waals surface area (Å²) >= 11 is 0. The Labute approximate surface area is 180 Å². The van der Waals surface area contributed by atoms with Gasteiger partial charge in [-0.25, -0.2) is 4.79 Å². The van der Waals surface area contributed by atoms with E-state index in [9.17, 15) is 4.79 Å². The van der Waals surface area contributed by atoms with Crippen LogP contribution in [0, 0.1) is 6.92 Å². The van der Waals surface area contributed by atoms with E-state index in [1.54, 1.807) is 19.0 Å². The van der Waals surface area contributed by atoms with Crippen molar-refractivity contribution < 1.29 is 19.0 Å². The maximum absolute atomic E-state index is 12.0. The average Bonchev–Trinajstić information content (AvgIpc) is 3.17. The molecule has 1 saturated heterocycles. The Morgan fingerprint density at radius 1 is 1.33 bits per heavy atom. The molecule has 0 radical (unpaired) electrons. The van der Waals surface area contributed by atoms with Crippen molar-refractivity contribution in [3.63, 3.8) is 0 Å². The number of likely N-dealkylation sites (N-methyl/N-ethyl adjacent to an activating group) is 1. The van der Waals surface area contributed by atoms with Gasteiger partial charge in [-0.1, -0.05) is 12.1 Å². The Morgan fingerprint density at radius 3 is 2.73 bits per heavy atom. The number of hydrogen-bond acceptors (Lipinski definition) is 5. The quantitative estimate of drug-likeness (QED) is 0.521. The number of guanidine groups is 1. The predicted molar refractivity (Wildman–Crippen MR) is 118 cm³/mol. The fourth-order valence-electron chi connectivity index (χ4n) is 2.88. The number of rotatable bonds is 7.